The summed E-state index contributed by atoms with van der Waals surface area (Å²) >= 11 is 0. The van der Waals surface area contributed by atoms with E-state index in [1.54, 1.807) is 6.20 Å². The van der Waals surface area contributed by atoms with Crippen molar-refractivity contribution in [2.75, 3.05) is 31.1 Å². The van der Waals surface area contributed by atoms with Crippen LogP contribution in [-0.2, 0) is 0 Å². The van der Waals surface area contributed by atoms with Crippen LogP contribution in [0.15, 0.2) is 29.4 Å². The number of hydrogen-bond acceptors (Lipinski definition) is 3. The van der Waals surface area contributed by atoms with Crippen LogP contribution in [0, 0.1) is 5.41 Å². The normalized spacial score (nSPS) is 14.5. The minimum absolute atomic E-state index is 0. The van der Waals surface area contributed by atoms with Crippen molar-refractivity contribution in [2.45, 2.75) is 0 Å². The molecular formula is C11H18ClN7. The monoisotopic (exact) mass is 283 g/mol. The zero-order chi connectivity index (χ0) is 13.0. The minimum atomic E-state index is -0.0767. The fourth-order valence-electron chi connectivity index (χ4n) is 1.88. The maximum atomic E-state index is 7.73. The molecule has 0 saturated carbocycles. The van der Waals surface area contributed by atoms with Crippen LogP contribution in [-0.4, -0.2) is 48.0 Å². The first kappa shape index (κ1) is 15.0. The largest absolute Gasteiger partial charge is 0.370 e. The molecular weight excluding hydrogens is 266 g/mol. The summed E-state index contributed by atoms with van der Waals surface area (Å²) in [4.78, 5) is 12.1. The number of halogens is 1. The Bertz CT molecular complexity index is 436. The van der Waals surface area contributed by atoms with E-state index in [0.29, 0.717) is 13.1 Å². The Kier molecular flexibility index (Phi) is 5.37. The molecule has 104 valence electrons. The summed E-state index contributed by atoms with van der Waals surface area (Å²) in [5.41, 5.74) is 10.5. The van der Waals surface area contributed by atoms with Gasteiger partial charge in [0.1, 0.15) is 5.82 Å². The van der Waals surface area contributed by atoms with Crippen LogP contribution < -0.4 is 16.4 Å². The Morgan fingerprint density at radius 1 is 1.21 bits per heavy atom. The molecule has 19 heavy (non-hydrogen) atoms. The lowest BCUT2D eigenvalue weighted by atomic mass is 10.3. The lowest BCUT2D eigenvalue weighted by Gasteiger charge is -2.35. The molecule has 2 rings (SSSR count). The van der Waals surface area contributed by atoms with Crippen molar-refractivity contribution in [3.05, 3.63) is 24.4 Å². The van der Waals surface area contributed by atoms with Gasteiger partial charge >= 0.3 is 0 Å². The summed E-state index contributed by atoms with van der Waals surface area (Å²) in [6.07, 6.45) is 1.78. The lowest BCUT2D eigenvalue weighted by Crippen LogP contribution is -2.49. The SMILES string of the molecule is Cl.N=C(N=C(N)N)N1CCN(c2ccccn2)CC1. The van der Waals surface area contributed by atoms with Gasteiger partial charge in [-0.15, -0.1) is 12.4 Å². The Morgan fingerprint density at radius 2 is 1.89 bits per heavy atom. The van der Waals surface area contributed by atoms with Crippen LogP contribution >= 0.6 is 12.4 Å². The molecule has 5 N–H and O–H groups in total. The van der Waals surface area contributed by atoms with Gasteiger partial charge < -0.3 is 21.3 Å². The summed E-state index contributed by atoms with van der Waals surface area (Å²) in [5.74, 6) is 1.01. The summed E-state index contributed by atoms with van der Waals surface area (Å²) in [5, 5.41) is 7.73. The first-order chi connectivity index (χ1) is 8.66. The second-order valence-corrected chi connectivity index (χ2v) is 4.02. The first-order valence-electron chi connectivity index (χ1n) is 5.76. The molecule has 1 aliphatic rings. The quantitative estimate of drug-likeness (QED) is 0.490. The number of guanidine groups is 2. The molecule has 1 saturated heterocycles. The highest BCUT2D eigenvalue weighted by atomic mass is 35.5. The number of rotatable bonds is 1. The van der Waals surface area contributed by atoms with Crippen LogP contribution in [0.5, 0.6) is 0 Å². The molecule has 1 aromatic heterocycles. The molecule has 8 heteroatoms. The molecule has 0 amide bonds. The van der Waals surface area contributed by atoms with Crippen molar-refractivity contribution in [3.63, 3.8) is 0 Å². The van der Waals surface area contributed by atoms with Gasteiger partial charge in [0.25, 0.3) is 0 Å². The molecule has 0 unspecified atom stereocenters. The predicted molar refractivity (Wildman–Crippen MR) is 78.8 cm³/mol. The maximum Gasteiger partial charge on any atom is 0.221 e. The smallest absolute Gasteiger partial charge is 0.221 e. The van der Waals surface area contributed by atoms with Gasteiger partial charge in [0, 0.05) is 32.4 Å². The van der Waals surface area contributed by atoms with Crippen LogP contribution in [0.2, 0.25) is 0 Å². The van der Waals surface area contributed by atoms with Crippen molar-refractivity contribution in [2.24, 2.45) is 16.5 Å². The molecule has 0 radical (unpaired) electrons. The predicted octanol–water partition coefficient (Wildman–Crippen LogP) is -0.166. The molecule has 1 aliphatic heterocycles. The number of piperazine rings is 1. The molecule has 0 bridgehead atoms. The van der Waals surface area contributed by atoms with Gasteiger partial charge in [-0.1, -0.05) is 6.07 Å². The van der Waals surface area contributed by atoms with E-state index in [-0.39, 0.29) is 24.3 Å². The van der Waals surface area contributed by atoms with Crippen LogP contribution in [0.25, 0.3) is 0 Å². The fraction of sp³-hybridized carbons (Fsp3) is 0.364. The highest BCUT2D eigenvalue weighted by molar-refractivity contribution is 5.91. The molecule has 0 aliphatic carbocycles. The lowest BCUT2D eigenvalue weighted by molar-refractivity contribution is 0.379. The van der Waals surface area contributed by atoms with E-state index in [1.165, 1.54) is 0 Å². The molecule has 0 atom stereocenters. The van der Waals surface area contributed by atoms with Crippen molar-refractivity contribution in [3.8, 4) is 0 Å². The maximum absolute atomic E-state index is 7.73. The third-order valence-electron chi connectivity index (χ3n) is 2.79. The molecule has 1 fully saturated rings. The molecule has 0 aromatic carbocycles. The van der Waals surface area contributed by atoms with Gasteiger partial charge in [-0.3, -0.25) is 5.41 Å². The highest BCUT2D eigenvalue weighted by Gasteiger charge is 2.19. The molecule has 1 aromatic rings. The number of nitrogens with one attached hydrogen (secondary N) is 1. The topological polar surface area (TPSA) is 108 Å². The van der Waals surface area contributed by atoms with E-state index in [1.807, 2.05) is 23.1 Å². The van der Waals surface area contributed by atoms with E-state index < -0.39 is 0 Å². The first-order valence-corrected chi connectivity index (χ1v) is 5.76. The van der Waals surface area contributed by atoms with E-state index in [0.717, 1.165) is 18.9 Å². The van der Waals surface area contributed by atoms with Gasteiger partial charge in [0.15, 0.2) is 5.96 Å². The summed E-state index contributed by atoms with van der Waals surface area (Å²) < 4.78 is 0. The fourth-order valence-corrected chi connectivity index (χ4v) is 1.88. The Balaban J connectivity index is 0.00000180. The Morgan fingerprint density at radius 3 is 2.42 bits per heavy atom. The summed E-state index contributed by atoms with van der Waals surface area (Å²) in [6, 6.07) is 5.85. The van der Waals surface area contributed by atoms with Crippen molar-refractivity contribution < 1.29 is 0 Å². The number of hydrogen-bond donors (Lipinski definition) is 3. The van der Waals surface area contributed by atoms with Gasteiger partial charge in [0.2, 0.25) is 5.96 Å². The highest BCUT2D eigenvalue weighted by Crippen LogP contribution is 2.12. The van der Waals surface area contributed by atoms with E-state index in [4.69, 9.17) is 16.9 Å². The van der Waals surface area contributed by atoms with Crippen LogP contribution in [0.4, 0.5) is 5.82 Å². The van der Waals surface area contributed by atoms with Crippen molar-refractivity contribution in [1.29, 1.82) is 5.41 Å². The Hall–Kier alpha value is -2.02. The zero-order valence-corrected chi connectivity index (χ0v) is 11.3. The number of aliphatic imine (C=N–C) groups is 1. The number of pyridine rings is 1. The average Bonchev–Trinajstić information content (AvgIpc) is 2.39. The number of nitrogens with two attached hydrogens (primary N) is 2. The van der Waals surface area contributed by atoms with Crippen molar-refractivity contribution >= 4 is 30.1 Å². The summed E-state index contributed by atoms with van der Waals surface area (Å²) in [7, 11) is 0. The van der Waals surface area contributed by atoms with Crippen LogP contribution in [0.3, 0.4) is 0 Å². The number of nitrogens with zero attached hydrogens (tertiary/aromatic N) is 4. The Labute approximate surface area is 118 Å². The molecule has 0 spiro atoms. The standard InChI is InChI=1S/C11H17N7.ClH/c12-10(13)16-11(14)18-7-5-17(6-8-18)9-3-1-2-4-15-9;/h1-4H,5-8H2,(H5,12,13,14,16);1H. The molecule has 2 heterocycles. The van der Waals surface area contributed by atoms with Gasteiger partial charge in [-0.2, -0.15) is 4.99 Å². The number of aromatic nitrogens is 1. The van der Waals surface area contributed by atoms with Gasteiger partial charge in [-0.25, -0.2) is 4.98 Å². The van der Waals surface area contributed by atoms with E-state index >= 15 is 0 Å². The summed E-state index contributed by atoms with van der Waals surface area (Å²) in [6.45, 7) is 3.04. The van der Waals surface area contributed by atoms with Crippen molar-refractivity contribution in [1.82, 2.24) is 9.88 Å². The molecule has 7 nitrogen and oxygen atoms in total. The minimum Gasteiger partial charge on any atom is -0.370 e. The van der Waals surface area contributed by atoms with Crippen LogP contribution in [0.1, 0.15) is 0 Å². The van der Waals surface area contributed by atoms with Gasteiger partial charge in [0.05, 0.1) is 0 Å². The second kappa shape index (κ2) is 6.79. The van der Waals surface area contributed by atoms with E-state index in [9.17, 15) is 0 Å². The third kappa shape index (κ3) is 3.99. The zero-order valence-electron chi connectivity index (χ0n) is 10.5. The van der Waals surface area contributed by atoms with E-state index in [2.05, 4.69) is 14.9 Å². The third-order valence-corrected chi connectivity index (χ3v) is 2.79. The number of anilines is 1. The second-order valence-electron chi connectivity index (χ2n) is 4.02. The van der Waals surface area contributed by atoms with Gasteiger partial charge in [-0.05, 0) is 12.1 Å². The average molecular weight is 284 g/mol.